The molecule has 6 heteroatoms. The Balaban J connectivity index is 2.04. The minimum absolute atomic E-state index is 0.00952. The summed E-state index contributed by atoms with van der Waals surface area (Å²) in [5, 5.41) is 18.5. The summed E-state index contributed by atoms with van der Waals surface area (Å²) in [7, 11) is 0. The highest BCUT2D eigenvalue weighted by Gasteiger charge is 2.26. The van der Waals surface area contributed by atoms with Crippen LogP contribution in [0.3, 0.4) is 0 Å². The molecule has 2 amide bonds. The molecular formula is C17H25N3O3. The highest BCUT2D eigenvalue weighted by Crippen LogP contribution is 2.20. The summed E-state index contributed by atoms with van der Waals surface area (Å²) in [4.78, 5) is 24.5. The average molecular weight is 319 g/mol. The molecule has 0 saturated carbocycles. The highest BCUT2D eigenvalue weighted by atomic mass is 16.3. The number of hydrogen-bond donors (Lipinski definition) is 4. The minimum Gasteiger partial charge on any atom is -0.391 e. The minimum atomic E-state index is -0.538. The molecule has 1 aromatic carbocycles. The smallest absolute Gasteiger partial charge is 0.253 e. The SMILES string of the molecule is CC(C)(C)C(=O)Nc1ccccc1C(=O)NCC1CNCC1O. The molecule has 1 heterocycles. The van der Waals surface area contributed by atoms with Gasteiger partial charge < -0.3 is 21.1 Å². The normalized spacial score (nSPS) is 21.0. The van der Waals surface area contributed by atoms with Crippen LogP contribution in [0.25, 0.3) is 0 Å². The Kier molecular flexibility index (Phi) is 5.38. The Morgan fingerprint density at radius 1 is 1.26 bits per heavy atom. The number of aliphatic hydroxyl groups excluding tert-OH is 1. The molecule has 0 spiro atoms. The number of carbonyl (C=O) groups excluding carboxylic acids is 2. The van der Waals surface area contributed by atoms with E-state index in [4.69, 9.17) is 0 Å². The van der Waals surface area contributed by atoms with E-state index in [0.717, 1.165) is 0 Å². The fourth-order valence-electron chi connectivity index (χ4n) is 2.35. The summed E-state index contributed by atoms with van der Waals surface area (Å²) in [6.07, 6.45) is -0.439. The molecule has 1 fully saturated rings. The number of nitrogens with one attached hydrogen (secondary N) is 3. The Hall–Kier alpha value is -1.92. The van der Waals surface area contributed by atoms with Gasteiger partial charge in [0.1, 0.15) is 0 Å². The van der Waals surface area contributed by atoms with Gasteiger partial charge in [0.2, 0.25) is 5.91 Å². The van der Waals surface area contributed by atoms with E-state index in [9.17, 15) is 14.7 Å². The number of anilines is 1. The second kappa shape index (κ2) is 7.10. The number of carbonyl (C=O) groups is 2. The molecule has 6 nitrogen and oxygen atoms in total. The van der Waals surface area contributed by atoms with Crippen LogP contribution >= 0.6 is 0 Å². The maximum Gasteiger partial charge on any atom is 0.253 e. The number of amides is 2. The van der Waals surface area contributed by atoms with E-state index in [1.54, 1.807) is 24.3 Å². The van der Waals surface area contributed by atoms with Gasteiger partial charge in [-0.2, -0.15) is 0 Å². The van der Waals surface area contributed by atoms with Gasteiger partial charge in [0.25, 0.3) is 5.91 Å². The number of rotatable bonds is 4. The first-order valence-corrected chi connectivity index (χ1v) is 7.86. The van der Waals surface area contributed by atoms with Crippen LogP contribution in [0.4, 0.5) is 5.69 Å². The molecule has 0 bridgehead atoms. The van der Waals surface area contributed by atoms with Crippen molar-refractivity contribution in [3.05, 3.63) is 29.8 Å². The molecule has 0 aromatic heterocycles. The molecule has 0 radical (unpaired) electrons. The number of benzene rings is 1. The van der Waals surface area contributed by atoms with Crippen molar-refractivity contribution in [2.75, 3.05) is 25.0 Å². The largest absolute Gasteiger partial charge is 0.391 e. The van der Waals surface area contributed by atoms with E-state index in [1.165, 1.54) is 0 Å². The summed E-state index contributed by atoms with van der Waals surface area (Å²) in [5.41, 5.74) is 0.379. The second-order valence-corrected chi connectivity index (χ2v) is 6.95. The Morgan fingerprint density at radius 3 is 2.57 bits per heavy atom. The third kappa shape index (κ3) is 4.53. The van der Waals surface area contributed by atoms with E-state index in [0.29, 0.717) is 30.9 Å². The van der Waals surface area contributed by atoms with E-state index < -0.39 is 11.5 Å². The molecule has 1 aliphatic rings. The summed E-state index contributed by atoms with van der Waals surface area (Å²) >= 11 is 0. The fourth-order valence-corrected chi connectivity index (χ4v) is 2.35. The molecule has 0 aliphatic carbocycles. The van der Waals surface area contributed by atoms with E-state index >= 15 is 0 Å². The molecule has 1 aromatic rings. The third-order valence-electron chi connectivity index (χ3n) is 3.93. The number of hydrogen-bond acceptors (Lipinski definition) is 4. The van der Waals surface area contributed by atoms with Gasteiger partial charge in [-0.25, -0.2) is 0 Å². The lowest BCUT2D eigenvalue weighted by Gasteiger charge is -2.19. The number of para-hydroxylation sites is 1. The van der Waals surface area contributed by atoms with Crippen LogP contribution in [0.1, 0.15) is 31.1 Å². The monoisotopic (exact) mass is 319 g/mol. The lowest BCUT2D eigenvalue weighted by atomic mass is 9.95. The Bertz CT molecular complexity index is 581. The predicted octanol–water partition coefficient (Wildman–Crippen LogP) is 0.981. The van der Waals surface area contributed by atoms with Crippen LogP contribution in [0.15, 0.2) is 24.3 Å². The first kappa shape index (κ1) is 17.4. The van der Waals surface area contributed by atoms with E-state index in [-0.39, 0.29) is 17.7 Å². The van der Waals surface area contributed by atoms with Gasteiger partial charge in [-0.15, -0.1) is 0 Å². The first-order valence-electron chi connectivity index (χ1n) is 7.86. The molecule has 126 valence electrons. The van der Waals surface area contributed by atoms with Crippen molar-refractivity contribution in [1.29, 1.82) is 0 Å². The average Bonchev–Trinajstić information content (AvgIpc) is 2.89. The van der Waals surface area contributed by atoms with Crippen molar-refractivity contribution in [2.24, 2.45) is 11.3 Å². The van der Waals surface area contributed by atoms with Crippen molar-refractivity contribution < 1.29 is 14.7 Å². The van der Waals surface area contributed by atoms with Crippen LogP contribution in [-0.4, -0.2) is 42.7 Å². The number of β-amino-alcohol motifs (C(OH)–C–C–N with tert-alkyl or cyclic N) is 1. The zero-order valence-corrected chi connectivity index (χ0v) is 13.8. The van der Waals surface area contributed by atoms with E-state index in [1.807, 2.05) is 20.8 Å². The van der Waals surface area contributed by atoms with Crippen LogP contribution in [0.2, 0.25) is 0 Å². The van der Waals surface area contributed by atoms with Crippen LogP contribution in [-0.2, 0) is 4.79 Å². The van der Waals surface area contributed by atoms with Crippen molar-refractivity contribution >= 4 is 17.5 Å². The fraction of sp³-hybridized carbons (Fsp3) is 0.529. The van der Waals surface area contributed by atoms with Gasteiger partial charge in [-0.05, 0) is 12.1 Å². The highest BCUT2D eigenvalue weighted by molar-refractivity contribution is 6.04. The summed E-state index contributed by atoms with van der Waals surface area (Å²) in [6.45, 7) is 7.09. The summed E-state index contributed by atoms with van der Waals surface area (Å²) in [6, 6.07) is 6.93. The van der Waals surface area contributed by atoms with Gasteiger partial charge in [-0.3, -0.25) is 9.59 Å². The van der Waals surface area contributed by atoms with Crippen molar-refractivity contribution in [3.63, 3.8) is 0 Å². The first-order chi connectivity index (χ1) is 10.8. The third-order valence-corrected chi connectivity index (χ3v) is 3.93. The quantitative estimate of drug-likeness (QED) is 0.666. The van der Waals surface area contributed by atoms with Crippen molar-refractivity contribution in [2.45, 2.75) is 26.9 Å². The van der Waals surface area contributed by atoms with Crippen molar-refractivity contribution in [1.82, 2.24) is 10.6 Å². The molecule has 2 rings (SSSR count). The summed E-state index contributed by atoms with van der Waals surface area (Å²) < 4.78 is 0. The van der Waals surface area contributed by atoms with Gasteiger partial charge in [0.05, 0.1) is 17.4 Å². The van der Waals surface area contributed by atoms with Crippen LogP contribution < -0.4 is 16.0 Å². The van der Waals surface area contributed by atoms with Crippen LogP contribution in [0, 0.1) is 11.3 Å². The lowest BCUT2D eigenvalue weighted by molar-refractivity contribution is -0.123. The van der Waals surface area contributed by atoms with Gasteiger partial charge in [0.15, 0.2) is 0 Å². The molecule has 23 heavy (non-hydrogen) atoms. The maximum absolute atomic E-state index is 12.4. The second-order valence-electron chi connectivity index (χ2n) is 6.95. The zero-order valence-electron chi connectivity index (χ0n) is 13.8. The molecule has 1 saturated heterocycles. The Labute approximate surface area is 136 Å². The van der Waals surface area contributed by atoms with Crippen molar-refractivity contribution in [3.8, 4) is 0 Å². The molecule has 1 aliphatic heterocycles. The molecule has 2 unspecified atom stereocenters. The van der Waals surface area contributed by atoms with Gasteiger partial charge >= 0.3 is 0 Å². The lowest BCUT2D eigenvalue weighted by Crippen LogP contribution is -2.35. The molecular weight excluding hydrogens is 294 g/mol. The van der Waals surface area contributed by atoms with Gasteiger partial charge in [-0.1, -0.05) is 32.9 Å². The van der Waals surface area contributed by atoms with E-state index in [2.05, 4.69) is 16.0 Å². The topological polar surface area (TPSA) is 90.5 Å². The zero-order chi connectivity index (χ0) is 17.0. The molecule has 2 atom stereocenters. The van der Waals surface area contributed by atoms with Gasteiger partial charge in [0, 0.05) is 31.0 Å². The predicted molar refractivity (Wildman–Crippen MR) is 89.2 cm³/mol. The maximum atomic E-state index is 12.4. The van der Waals surface area contributed by atoms with Crippen LogP contribution in [0.5, 0.6) is 0 Å². The number of aliphatic hydroxyl groups is 1. The Morgan fingerprint density at radius 2 is 1.96 bits per heavy atom. The molecule has 4 N–H and O–H groups in total. The summed E-state index contributed by atoms with van der Waals surface area (Å²) in [5.74, 6) is -0.391. The standard InChI is InChI=1S/C17H25N3O3/c1-17(2,3)16(23)20-13-7-5-4-6-12(13)15(22)19-9-11-8-18-10-14(11)21/h4-7,11,14,18,21H,8-10H2,1-3H3,(H,19,22)(H,20,23).